The topological polar surface area (TPSA) is 0 Å². The van der Waals surface area contributed by atoms with Crippen molar-refractivity contribution in [1.29, 1.82) is 0 Å². The van der Waals surface area contributed by atoms with E-state index >= 15 is 0 Å². The molecule has 12 rings (SSSR count). The van der Waals surface area contributed by atoms with Gasteiger partial charge in [-0.05, 0) is 123 Å². The molecular formula is C55H36S. The highest BCUT2D eigenvalue weighted by atomic mass is 32.1. The highest BCUT2D eigenvalue weighted by Crippen LogP contribution is 2.58. The monoisotopic (exact) mass is 728 g/mol. The molecule has 1 aromatic heterocycles. The fourth-order valence-electron chi connectivity index (χ4n) is 10.0. The number of hydrogen-bond donors (Lipinski definition) is 0. The lowest BCUT2D eigenvalue weighted by molar-refractivity contribution is 0.663. The summed E-state index contributed by atoms with van der Waals surface area (Å²) in [6.07, 6.45) is 0. The zero-order valence-corrected chi connectivity index (χ0v) is 32.0. The van der Waals surface area contributed by atoms with Crippen molar-refractivity contribution in [3.05, 3.63) is 193 Å². The summed E-state index contributed by atoms with van der Waals surface area (Å²) in [5.41, 5.74) is 13.1. The summed E-state index contributed by atoms with van der Waals surface area (Å²) < 4.78 is 2.71. The van der Waals surface area contributed by atoms with E-state index in [1.165, 1.54) is 119 Å². The third-order valence-corrected chi connectivity index (χ3v) is 13.7. The van der Waals surface area contributed by atoms with Crippen LogP contribution < -0.4 is 0 Å². The summed E-state index contributed by atoms with van der Waals surface area (Å²) in [6.45, 7) is 4.87. The first-order chi connectivity index (χ1) is 27.5. The molecule has 1 heterocycles. The van der Waals surface area contributed by atoms with Gasteiger partial charge in [-0.3, -0.25) is 0 Å². The van der Waals surface area contributed by atoms with Gasteiger partial charge >= 0.3 is 0 Å². The zero-order valence-electron chi connectivity index (χ0n) is 31.2. The van der Waals surface area contributed by atoms with E-state index in [-0.39, 0.29) is 5.41 Å². The van der Waals surface area contributed by atoms with E-state index in [2.05, 4.69) is 196 Å². The highest BCUT2D eigenvalue weighted by Gasteiger charge is 2.39. The van der Waals surface area contributed by atoms with E-state index in [9.17, 15) is 0 Å². The molecule has 11 aromatic rings. The SMILES string of the molecule is CC1(C)c2ccccc2-c2cc3c(sc4cc5ccccc5cc43)c(-c3c4ccccc4c(-c4ccc5cc(-c6ccccc6)ccc5c4)c4ccccc34)c21. The van der Waals surface area contributed by atoms with Crippen molar-refractivity contribution < 1.29 is 0 Å². The minimum absolute atomic E-state index is 0.186. The highest BCUT2D eigenvalue weighted by molar-refractivity contribution is 7.26. The van der Waals surface area contributed by atoms with Crippen LogP contribution in [0, 0.1) is 0 Å². The molecule has 0 nitrogen and oxygen atoms in total. The van der Waals surface area contributed by atoms with E-state index in [1.54, 1.807) is 0 Å². The van der Waals surface area contributed by atoms with Crippen LogP contribution in [0.25, 0.3) is 108 Å². The summed E-state index contributed by atoms with van der Waals surface area (Å²) in [4.78, 5) is 0. The molecule has 0 amide bonds. The molecule has 1 aliphatic rings. The number of benzene rings is 10. The Labute approximate surface area is 329 Å². The fourth-order valence-corrected chi connectivity index (χ4v) is 11.3. The van der Waals surface area contributed by atoms with Gasteiger partial charge in [-0.15, -0.1) is 11.3 Å². The van der Waals surface area contributed by atoms with Gasteiger partial charge in [0.05, 0.1) is 0 Å². The Kier molecular flexibility index (Phi) is 6.66. The van der Waals surface area contributed by atoms with Crippen molar-refractivity contribution in [3.63, 3.8) is 0 Å². The third-order valence-electron chi connectivity index (χ3n) is 12.6. The second kappa shape index (κ2) is 11.7. The maximum absolute atomic E-state index is 2.52. The van der Waals surface area contributed by atoms with Crippen LogP contribution in [0.5, 0.6) is 0 Å². The molecule has 0 aliphatic heterocycles. The van der Waals surface area contributed by atoms with Crippen molar-refractivity contribution >= 4 is 74.6 Å². The van der Waals surface area contributed by atoms with Crippen molar-refractivity contribution in [1.82, 2.24) is 0 Å². The van der Waals surface area contributed by atoms with Gasteiger partial charge in [0.25, 0.3) is 0 Å². The van der Waals surface area contributed by atoms with Crippen molar-refractivity contribution in [2.24, 2.45) is 0 Å². The van der Waals surface area contributed by atoms with E-state index in [1.807, 2.05) is 11.3 Å². The average molecular weight is 729 g/mol. The maximum Gasteiger partial charge on any atom is 0.0437 e. The largest absolute Gasteiger partial charge is 0.134 e. The summed E-state index contributed by atoms with van der Waals surface area (Å²) in [6, 6.07) is 68.2. The minimum Gasteiger partial charge on any atom is -0.134 e. The molecule has 1 aliphatic carbocycles. The molecule has 0 unspecified atom stereocenters. The summed E-state index contributed by atoms with van der Waals surface area (Å²) in [7, 11) is 0. The van der Waals surface area contributed by atoms with Crippen LogP contribution in [-0.4, -0.2) is 0 Å². The van der Waals surface area contributed by atoms with Crippen molar-refractivity contribution in [2.75, 3.05) is 0 Å². The lowest BCUT2D eigenvalue weighted by Gasteiger charge is -2.27. The molecule has 10 aromatic carbocycles. The minimum atomic E-state index is -0.186. The Morgan fingerprint density at radius 1 is 0.357 bits per heavy atom. The van der Waals surface area contributed by atoms with Gasteiger partial charge in [-0.25, -0.2) is 0 Å². The molecule has 262 valence electrons. The molecule has 0 N–H and O–H groups in total. The van der Waals surface area contributed by atoms with Crippen LogP contribution in [0.3, 0.4) is 0 Å². The standard InChI is InChI=1S/C55H36S/c1-55(2)48-23-13-12-18-40(48)46-32-47-45-30-34-16-6-7-17-35(34)31-49(45)56-54(47)52(53(46)55)51-43-21-10-8-19-41(43)50(42-20-9-11-22-44(42)51)39-27-26-37-28-36(24-25-38(37)29-39)33-14-4-3-5-15-33/h3-32H,1-2H3. The van der Waals surface area contributed by atoms with Gasteiger partial charge in [0.2, 0.25) is 0 Å². The molecule has 0 radical (unpaired) electrons. The Balaban J connectivity index is 1.19. The van der Waals surface area contributed by atoms with Crippen LogP contribution in [0.4, 0.5) is 0 Å². The number of thiophene rings is 1. The van der Waals surface area contributed by atoms with Crippen molar-refractivity contribution in [3.8, 4) is 44.5 Å². The second-order valence-electron chi connectivity index (χ2n) is 16.0. The van der Waals surface area contributed by atoms with Gasteiger partial charge < -0.3 is 0 Å². The predicted molar refractivity (Wildman–Crippen MR) is 243 cm³/mol. The third kappa shape index (κ3) is 4.47. The number of fused-ring (bicyclic) bond motifs is 10. The van der Waals surface area contributed by atoms with E-state index in [0.717, 1.165) is 0 Å². The summed E-state index contributed by atoms with van der Waals surface area (Å²) in [5, 5.41) is 12.9. The van der Waals surface area contributed by atoms with Crippen LogP contribution in [0.2, 0.25) is 0 Å². The Morgan fingerprint density at radius 2 is 0.911 bits per heavy atom. The predicted octanol–water partition coefficient (Wildman–Crippen LogP) is 16.0. The van der Waals surface area contributed by atoms with Crippen LogP contribution in [-0.2, 0) is 5.41 Å². The van der Waals surface area contributed by atoms with E-state index in [4.69, 9.17) is 0 Å². The van der Waals surface area contributed by atoms with Crippen LogP contribution in [0.15, 0.2) is 182 Å². The Hall–Kier alpha value is -6.54. The van der Waals surface area contributed by atoms with Gasteiger partial charge in [-0.2, -0.15) is 0 Å². The molecule has 0 bridgehead atoms. The Bertz CT molecular complexity index is 3380. The van der Waals surface area contributed by atoms with Gasteiger partial charge in [0.15, 0.2) is 0 Å². The first kappa shape index (κ1) is 31.8. The Morgan fingerprint density at radius 3 is 1.62 bits per heavy atom. The van der Waals surface area contributed by atoms with Crippen LogP contribution in [0.1, 0.15) is 25.0 Å². The second-order valence-corrected chi connectivity index (χ2v) is 17.1. The quantitative estimate of drug-likeness (QED) is 0.159. The number of rotatable bonds is 3. The molecule has 0 atom stereocenters. The van der Waals surface area contributed by atoms with Crippen molar-refractivity contribution in [2.45, 2.75) is 19.3 Å². The van der Waals surface area contributed by atoms with E-state index in [0.29, 0.717) is 0 Å². The molecule has 1 heteroatoms. The van der Waals surface area contributed by atoms with Crippen LogP contribution >= 0.6 is 11.3 Å². The zero-order chi connectivity index (χ0) is 37.1. The number of hydrogen-bond acceptors (Lipinski definition) is 1. The first-order valence-corrected chi connectivity index (χ1v) is 20.4. The maximum atomic E-state index is 2.52. The average Bonchev–Trinajstić information content (AvgIpc) is 3.71. The first-order valence-electron chi connectivity index (χ1n) is 19.6. The molecule has 56 heavy (non-hydrogen) atoms. The molecule has 0 saturated carbocycles. The molecule has 0 fully saturated rings. The lowest BCUT2D eigenvalue weighted by atomic mass is 9.76. The molecular weight excluding hydrogens is 693 g/mol. The molecule has 0 spiro atoms. The smallest absolute Gasteiger partial charge is 0.0437 e. The van der Waals surface area contributed by atoms with Gasteiger partial charge in [0, 0.05) is 31.2 Å². The summed E-state index contributed by atoms with van der Waals surface area (Å²) in [5.74, 6) is 0. The lowest BCUT2D eigenvalue weighted by Crippen LogP contribution is -2.16. The normalized spacial score (nSPS) is 13.3. The summed E-state index contributed by atoms with van der Waals surface area (Å²) >= 11 is 1.96. The molecule has 0 saturated heterocycles. The van der Waals surface area contributed by atoms with E-state index < -0.39 is 0 Å². The van der Waals surface area contributed by atoms with Gasteiger partial charge in [-0.1, -0.05) is 166 Å². The van der Waals surface area contributed by atoms with Gasteiger partial charge in [0.1, 0.15) is 0 Å². The fraction of sp³-hybridized carbons (Fsp3) is 0.0545.